The standard InChI is InChI=1S/C16H19FN4OS/c17-13-7-4-3-6-12(13)10-18-15(22)11-23-16-20-19-14-8-2-1-5-9-21(14)16/h3-4,6-7H,1-2,5,8-11H2,(H,18,22). The van der Waals surface area contributed by atoms with E-state index in [1.807, 2.05) is 0 Å². The van der Waals surface area contributed by atoms with Crippen LogP contribution in [0.2, 0.25) is 0 Å². The minimum absolute atomic E-state index is 0.135. The molecule has 0 saturated heterocycles. The Morgan fingerprint density at radius 2 is 2.13 bits per heavy atom. The average Bonchev–Trinajstić information content (AvgIpc) is 2.78. The van der Waals surface area contributed by atoms with Crippen molar-refractivity contribution in [3.05, 3.63) is 41.5 Å². The second kappa shape index (κ2) is 7.59. The van der Waals surface area contributed by atoms with E-state index in [0.29, 0.717) is 5.56 Å². The average molecular weight is 334 g/mol. The van der Waals surface area contributed by atoms with Crippen molar-refractivity contribution in [1.82, 2.24) is 20.1 Å². The minimum Gasteiger partial charge on any atom is -0.351 e. The van der Waals surface area contributed by atoms with E-state index in [-0.39, 0.29) is 24.0 Å². The smallest absolute Gasteiger partial charge is 0.230 e. The summed E-state index contributed by atoms with van der Waals surface area (Å²) >= 11 is 1.38. The molecule has 1 N–H and O–H groups in total. The van der Waals surface area contributed by atoms with Crippen LogP contribution in [0.25, 0.3) is 0 Å². The lowest BCUT2D eigenvalue weighted by Crippen LogP contribution is -2.25. The van der Waals surface area contributed by atoms with Crippen LogP contribution in [0.5, 0.6) is 0 Å². The number of carbonyl (C=O) groups excluding carboxylic acids is 1. The quantitative estimate of drug-likeness (QED) is 0.854. The van der Waals surface area contributed by atoms with E-state index >= 15 is 0 Å². The van der Waals surface area contributed by atoms with Crippen LogP contribution < -0.4 is 5.32 Å². The van der Waals surface area contributed by atoms with Gasteiger partial charge in [-0.1, -0.05) is 36.4 Å². The number of nitrogens with one attached hydrogen (secondary N) is 1. The molecule has 1 aromatic carbocycles. The van der Waals surface area contributed by atoms with Crippen molar-refractivity contribution in [3.8, 4) is 0 Å². The number of amides is 1. The van der Waals surface area contributed by atoms with Gasteiger partial charge in [0.1, 0.15) is 11.6 Å². The van der Waals surface area contributed by atoms with Crippen molar-refractivity contribution in [2.24, 2.45) is 0 Å². The number of halogens is 1. The van der Waals surface area contributed by atoms with E-state index in [1.54, 1.807) is 18.2 Å². The topological polar surface area (TPSA) is 59.8 Å². The SMILES string of the molecule is O=C(CSc1nnc2n1CCCCC2)NCc1ccccc1F. The third-order valence-corrected chi connectivity index (χ3v) is 4.81. The number of thioether (sulfide) groups is 1. The highest BCUT2D eigenvalue weighted by Gasteiger charge is 2.16. The van der Waals surface area contributed by atoms with Gasteiger partial charge in [-0.3, -0.25) is 4.79 Å². The van der Waals surface area contributed by atoms with Gasteiger partial charge in [-0.2, -0.15) is 0 Å². The Labute approximate surface area is 138 Å². The second-order valence-corrected chi connectivity index (χ2v) is 6.46. The summed E-state index contributed by atoms with van der Waals surface area (Å²) in [6.45, 7) is 1.12. The van der Waals surface area contributed by atoms with E-state index in [0.717, 1.165) is 36.8 Å². The fourth-order valence-electron chi connectivity index (χ4n) is 2.58. The summed E-state index contributed by atoms with van der Waals surface area (Å²) in [5.74, 6) is 0.830. The van der Waals surface area contributed by atoms with Gasteiger partial charge in [0.05, 0.1) is 5.75 Å². The van der Waals surface area contributed by atoms with E-state index in [9.17, 15) is 9.18 Å². The van der Waals surface area contributed by atoms with Crippen molar-refractivity contribution in [1.29, 1.82) is 0 Å². The lowest BCUT2D eigenvalue weighted by atomic mass is 10.2. The van der Waals surface area contributed by atoms with Crippen LogP contribution in [-0.4, -0.2) is 26.4 Å². The van der Waals surface area contributed by atoms with E-state index < -0.39 is 0 Å². The van der Waals surface area contributed by atoms with Gasteiger partial charge in [-0.25, -0.2) is 4.39 Å². The summed E-state index contributed by atoms with van der Waals surface area (Å²) < 4.78 is 15.6. The van der Waals surface area contributed by atoms with Crippen LogP contribution >= 0.6 is 11.8 Å². The Hall–Kier alpha value is -1.89. The number of benzene rings is 1. The monoisotopic (exact) mass is 334 g/mol. The summed E-state index contributed by atoms with van der Waals surface area (Å²) in [4.78, 5) is 11.9. The van der Waals surface area contributed by atoms with E-state index in [1.165, 1.54) is 24.2 Å². The van der Waals surface area contributed by atoms with Crippen molar-refractivity contribution in [3.63, 3.8) is 0 Å². The van der Waals surface area contributed by atoms with Crippen LogP contribution in [0.15, 0.2) is 29.4 Å². The summed E-state index contributed by atoms with van der Waals surface area (Å²) in [5.41, 5.74) is 0.488. The molecule has 0 unspecified atom stereocenters. The molecule has 5 nitrogen and oxygen atoms in total. The number of rotatable bonds is 5. The van der Waals surface area contributed by atoms with Gasteiger partial charge >= 0.3 is 0 Å². The molecule has 1 aliphatic rings. The summed E-state index contributed by atoms with van der Waals surface area (Å²) in [6.07, 6.45) is 4.42. The molecule has 23 heavy (non-hydrogen) atoms. The molecule has 1 amide bonds. The number of hydrogen-bond acceptors (Lipinski definition) is 4. The predicted octanol–water partition coefficient (Wildman–Crippen LogP) is 2.55. The zero-order chi connectivity index (χ0) is 16.1. The van der Waals surface area contributed by atoms with Crippen molar-refractivity contribution >= 4 is 17.7 Å². The molecule has 0 saturated carbocycles. The fraction of sp³-hybridized carbons (Fsp3) is 0.438. The van der Waals surface area contributed by atoms with E-state index in [2.05, 4.69) is 20.1 Å². The first-order valence-corrected chi connectivity index (χ1v) is 8.77. The number of hydrogen-bond donors (Lipinski definition) is 1. The molecular weight excluding hydrogens is 315 g/mol. The highest BCUT2D eigenvalue weighted by atomic mass is 32.2. The zero-order valence-electron chi connectivity index (χ0n) is 12.8. The van der Waals surface area contributed by atoms with Gasteiger partial charge in [0.2, 0.25) is 5.91 Å². The normalized spacial score (nSPS) is 14.1. The van der Waals surface area contributed by atoms with Crippen LogP contribution in [0, 0.1) is 5.82 Å². The maximum atomic E-state index is 13.5. The first kappa shape index (κ1) is 16.0. The van der Waals surface area contributed by atoms with Crippen molar-refractivity contribution < 1.29 is 9.18 Å². The van der Waals surface area contributed by atoms with Gasteiger partial charge in [-0.05, 0) is 18.9 Å². The molecule has 0 atom stereocenters. The predicted molar refractivity (Wildman–Crippen MR) is 86.5 cm³/mol. The van der Waals surface area contributed by atoms with Crippen LogP contribution in [0.3, 0.4) is 0 Å². The lowest BCUT2D eigenvalue weighted by Gasteiger charge is -2.07. The molecule has 7 heteroatoms. The van der Waals surface area contributed by atoms with Crippen LogP contribution in [-0.2, 0) is 24.3 Å². The molecule has 0 spiro atoms. The maximum Gasteiger partial charge on any atom is 0.230 e. The Kier molecular flexibility index (Phi) is 5.27. The molecular formula is C16H19FN4OS. The highest BCUT2D eigenvalue weighted by Crippen LogP contribution is 2.21. The third-order valence-electron chi connectivity index (χ3n) is 3.84. The fourth-order valence-corrected chi connectivity index (χ4v) is 3.40. The molecule has 0 radical (unpaired) electrons. The molecule has 2 heterocycles. The zero-order valence-corrected chi connectivity index (χ0v) is 13.6. The lowest BCUT2D eigenvalue weighted by molar-refractivity contribution is -0.118. The summed E-state index contributed by atoms with van der Waals surface area (Å²) in [6, 6.07) is 6.45. The first-order valence-electron chi connectivity index (χ1n) is 7.79. The third kappa shape index (κ3) is 4.10. The van der Waals surface area contributed by atoms with Crippen LogP contribution in [0.4, 0.5) is 4.39 Å². The Morgan fingerprint density at radius 3 is 3.00 bits per heavy atom. The molecule has 1 aliphatic heterocycles. The molecule has 3 rings (SSSR count). The van der Waals surface area contributed by atoms with Crippen LogP contribution in [0.1, 0.15) is 30.7 Å². The Bertz CT molecular complexity index is 688. The maximum absolute atomic E-state index is 13.5. The number of nitrogens with zero attached hydrogens (tertiary/aromatic N) is 3. The molecule has 0 aliphatic carbocycles. The molecule has 0 bridgehead atoms. The van der Waals surface area contributed by atoms with Gasteiger partial charge in [0, 0.05) is 25.1 Å². The number of fused-ring (bicyclic) bond motifs is 1. The van der Waals surface area contributed by atoms with Gasteiger partial charge in [0.25, 0.3) is 0 Å². The minimum atomic E-state index is -0.303. The van der Waals surface area contributed by atoms with E-state index in [4.69, 9.17) is 0 Å². The molecule has 0 fully saturated rings. The van der Waals surface area contributed by atoms with Gasteiger partial charge < -0.3 is 9.88 Å². The molecule has 1 aromatic heterocycles. The first-order chi connectivity index (χ1) is 11.2. The molecule has 2 aromatic rings. The largest absolute Gasteiger partial charge is 0.351 e. The highest BCUT2D eigenvalue weighted by molar-refractivity contribution is 7.99. The van der Waals surface area contributed by atoms with Crippen molar-refractivity contribution in [2.75, 3.05) is 5.75 Å². The Balaban J connectivity index is 1.51. The van der Waals surface area contributed by atoms with Gasteiger partial charge in [-0.15, -0.1) is 10.2 Å². The Morgan fingerprint density at radius 1 is 1.26 bits per heavy atom. The molecule has 122 valence electrons. The van der Waals surface area contributed by atoms with Gasteiger partial charge in [0.15, 0.2) is 5.16 Å². The number of carbonyl (C=O) groups is 1. The summed E-state index contributed by atoms with van der Waals surface area (Å²) in [7, 11) is 0. The van der Waals surface area contributed by atoms with Crippen molar-refractivity contribution in [2.45, 2.75) is 43.9 Å². The second-order valence-electron chi connectivity index (χ2n) is 5.52. The summed E-state index contributed by atoms with van der Waals surface area (Å²) in [5, 5.41) is 11.9. The number of aromatic nitrogens is 3. The number of aryl methyl sites for hydroxylation is 1.